The molecule has 0 saturated heterocycles. The molecule has 3 rings (SSSR count). The van der Waals surface area contributed by atoms with Crippen LogP contribution in [0.1, 0.15) is 17.0 Å². The van der Waals surface area contributed by atoms with E-state index in [4.69, 9.17) is 9.84 Å². The van der Waals surface area contributed by atoms with Crippen LogP contribution < -0.4 is 4.74 Å². The van der Waals surface area contributed by atoms with Gasteiger partial charge in [0.15, 0.2) is 0 Å². The van der Waals surface area contributed by atoms with Crippen LogP contribution in [0.5, 0.6) is 5.75 Å². The van der Waals surface area contributed by atoms with Gasteiger partial charge in [-0.05, 0) is 11.6 Å². The molecule has 1 heterocycles. The molecule has 2 unspecified atom stereocenters. The van der Waals surface area contributed by atoms with Gasteiger partial charge in [0, 0.05) is 17.7 Å². The zero-order chi connectivity index (χ0) is 16.4. The van der Waals surface area contributed by atoms with E-state index in [1.807, 2.05) is 6.07 Å². The molecule has 2 atom stereocenters. The van der Waals surface area contributed by atoms with Crippen LogP contribution in [0.25, 0.3) is 0 Å². The Morgan fingerprint density at radius 1 is 1.17 bits per heavy atom. The minimum Gasteiger partial charge on any atom is -0.478 e. The highest BCUT2D eigenvalue weighted by atomic mass is 16.7. The number of fused-ring (bicyclic) bond motifs is 1. The lowest BCUT2D eigenvalue weighted by molar-refractivity contribution is -0.599. The summed E-state index contributed by atoms with van der Waals surface area (Å²) in [6.07, 6.45) is 1.76. The Hall–Kier alpha value is -3.15. The molecule has 0 saturated carbocycles. The van der Waals surface area contributed by atoms with E-state index in [9.17, 15) is 14.9 Å². The Kier molecular flexibility index (Phi) is 3.57. The molecule has 0 aromatic heterocycles. The second-order valence-corrected chi connectivity index (χ2v) is 5.16. The van der Waals surface area contributed by atoms with Crippen LogP contribution in [0.15, 0.2) is 66.7 Å². The Morgan fingerprint density at radius 3 is 2.48 bits per heavy atom. The van der Waals surface area contributed by atoms with Crippen LogP contribution in [0.3, 0.4) is 0 Å². The SMILES string of the molecule is O=C(O)C=CC1([N+](=O)[O-])Oc2ccccc2C1c1ccccc1. The minimum atomic E-state index is -1.98. The fourth-order valence-corrected chi connectivity index (χ4v) is 2.86. The summed E-state index contributed by atoms with van der Waals surface area (Å²) in [4.78, 5) is 22.1. The molecule has 1 aliphatic heterocycles. The van der Waals surface area contributed by atoms with E-state index in [0.717, 1.165) is 12.2 Å². The molecule has 2 aromatic rings. The Labute approximate surface area is 131 Å². The second-order valence-electron chi connectivity index (χ2n) is 5.16. The highest BCUT2D eigenvalue weighted by Crippen LogP contribution is 2.49. The van der Waals surface area contributed by atoms with E-state index in [1.54, 1.807) is 48.5 Å². The van der Waals surface area contributed by atoms with E-state index in [-0.39, 0.29) is 0 Å². The summed E-state index contributed by atoms with van der Waals surface area (Å²) in [6, 6.07) is 15.8. The molecule has 116 valence electrons. The van der Waals surface area contributed by atoms with Gasteiger partial charge in [0.1, 0.15) is 11.7 Å². The normalized spacial score (nSPS) is 22.5. The predicted molar refractivity (Wildman–Crippen MR) is 81.9 cm³/mol. The largest absolute Gasteiger partial charge is 0.478 e. The summed E-state index contributed by atoms with van der Waals surface area (Å²) in [5, 5.41) is 20.7. The van der Waals surface area contributed by atoms with Crippen molar-refractivity contribution in [1.29, 1.82) is 0 Å². The smallest absolute Gasteiger partial charge is 0.394 e. The summed E-state index contributed by atoms with van der Waals surface area (Å²) in [5.41, 5.74) is -0.640. The lowest BCUT2D eigenvalue weighted by Crippen LogP contribution is -2.44. The Balaban J connectivity index is 2.22. The number of nitrogens with zero attached hydrogens (tertiary/aromatic N) is 1. The topological polar surface area (TPSA) is 89.7 Å². The Bertz CT molecular complexity index is 787. The molecule has 0 spiro atoms. The maximum absolute atomic E-state index is 11.8. The molecular weight excluding hydrogens is 298 g/mol. The van der Waals surface area contributed by atoms with Gasteiger partial charge in [-0.15, -0.1) is 0 Å². The Morgan fingerprint density at radius 2 is 1.83 bits per heavy atom. The number of hydrogen-bond donors (Lipinski definition) is 1. The average Bonchev–Trinajstić information content (AvgIpc) is 2.89. The molecule has 0 aliphatic carbocycles. The molecule has 0 fully saturated rings. The maximum Gasteiger partial charge on any atom is 0.394 e. The number of ether oxygens (including phenoxy) is 1. The number of carbonyl (C=O) groups is 1. The minimum absolute atomic E-state index is 0.382. The first kappa shape index (κ1) is 14.8. The first-order chi connectivity index (χ1) is 11.0. The number of para-hydroxylation sites is 1. The molecule has 1 N–H and O–H groups in total. The zero-order valence-corrected chi connectivity index (χ0v) is 12.0. The van der Waals surface area contributed by atoms with Crippen LogP contribution in [0, 0.1) is 10.1 Å². The highest BCUT2D eigenvalue weighted by Gasteiger charge is 2.58. The van der Waals surface area contributed by atoms with Crippen molar-refractivity contribution in [1.82, 2.24) is 0 Å². The van der Waals surface area contributed by atoms with Gasteiger partial charge in [0.25, 0.3) is 0 Å². The second kappa shape index (κ2) is 5.57. The van der Waals surface area contributed by atoms with Crippen molar-refractivity contribution < 1.29 is 19.6 Å². The van der Waals surface area contributed by atoms with Crippen molar-refractivity contribution in [2.75, 3.05) is 0 Å². The van der Waals surface area contributed by atoms with Crippen molar-refractivity contribution in [3.05, 3.63) is 88.0 Å². The number of aliphatic carboxylic acids is 1. The molecule has 0 radical (unpaired) electrons. The van der Waals surface area contributed by atoms with Crippen LogP contribution >= 0.6 is 0 Å². The number of hydrogen-bond acceptors (Lipinski definition) is 4. The molecule has 2 aromatic carbocycles. The molecule has 0 amide bonds. The third kappa shape index (κ3) is 2.44. The van der Waals surface area contributed by atoms with Gasteiger partial charge in [-0.2, -0.15) is 0 Å². The van der Waals surface area contributed by atoms with E-state index >= 15 is 0 Å². The summed E-state index contributed by atoms with van der Waals surface area (Å²) in [6.45, 7) is 0. The van der Waals surface area contributed by atoms with Gasteiger partial charge in [-0.3, -0.25) is 10.1 Å². The fraction of sp³-hybridized carbons (Fsp3) is 0.118. The summed E-state index contributed by atoms with van der Waals surface area (Å²) >= 11 is 0. The first-order valence-corrected chi connectivity index (χ1v) is 6.94. The highest BCUT2D eigenvalue weighted by molar-refractivity contribution is 5.80. The molecule has 1 aliphatic rings. The summed E-state index contributed by atoms with van der Waals surface area (Å²) < 4.78 is 5.62. The van der Waals surface area contributed by atoms with E-state index in [1.165, 1.54) is 0 Å². The zero-order valence-electron chi connectivity index (χ0n) is 12.0. The van der Waals surface area contributed by atoms with Crippen molar-refractivity contribution in [2.24, 2.45) is 0 Å². The molecule has 6 nitrogen and oxygen atoms in total. The summed E-state index contributed by atoms with van der Waals surface area (Å²) in [5.74, 6) is -1.61. The van der Waals surface area contributed by atoms with Crippen molar-refractivity contribution >= 4 is 5.97 Å². The number of benzene rings is 2. The van der Waals surface area contributed by atoms with Gasteiger partial charge >= 0.3 is 11.7 Å². The maximum atomic E-state index is 11.8. The van der Waals surface area contributed by atoms with E-state index in [2.05, 4.69) is 0 Å². The van der Waals surface area contributed by atoms with E-state index < -0.39 is 22.5 Å². The lowest BCUT2D eigenvalue weighted by atomic mass is 9.84. The third-order valence-corrected chi connectivity index (χ3v) is 3.80. The van der Waals surface area contributed by atoms with Crippen molar-refractivity contribution in [2.45, 2.75) is 11.6 Å². The van der Waals surface area contributed by atoms with Gasteiger partial charge in [-0.1, -0.05) is 48.5 Å². The number of nitro groups is 1. The number of carboxylic acids is 1. The van der Waals surface area contributed by atoms with Crippen molar-refractivity contribution in [3.8, 4) is 5.75 Å². The van der Waals surface area contributed by atoms with Crippen LogP contribution in [-0.2, 0) is 4.79 Å². The first-order valence-electron chi connectivity index (χ1n) is 6.94. The standard InChI is InChI=1S/C17H13NO5/c19-15(20)10-11-17(18(21)22)16(12-6-2-1-3-7-12)13-8-4-5-9-14(13)23-17/h1-11,16H,(H,19,20). The summed E-state index contributed by atoms with van der Waals surface area (Å²) in [7, 11) is 0. The van der Waals surface area contributed by atoms with Crippen LogP contribution in [-0.4, -0.2) is 21.7 Å². The quantitative estimate of drug-likeness (QED) is 0.533. The average molecular weight is 311 g/mol. The molecule has 23 heavy (non-hydrogen) atoms. The van der Waals surface area contributed by atoms with Gasteiger partial charge in [-0.25, -0.2) is 4.79 Å². The van der Waals surface area contributed by atoms with Gasteiger partial charge in [0.05, 0.1) is 4.92 Å². The molecular formula is C17H13NO5. The molecule has 0 bridgehead atoms. The predicted octanol–water partition coefficient (Wildman–Crippen LogP) is 2.82. The number of carboxylic acid groups (broad SMARTS) is 1. The lowest BCUT2D eigenvalue weighted by Gasteiger charge is -2.23. The third-order valence-electron chi connectivity index (χ3n) is 3.80. The number of rotatable bonds is 4. The van der Waals surface area contributed by atoms with E-state index in [0.29, 0.717) is 16.9 Å². The van der Waals surface area contributed by atoms with Crippen LogP contribution in [0.2, 0.25) is 0 Å². The van der Waals surface area contributed by atoms with Gasteiger partial charge < -0.3 is 9.84 Å². The van der Waals surface area contributed by atoms with Crippen LogP contribution in [0.4, 0.5) is 0 Å². The monoisotopic (exact) mass is 311 g/mol. The van der Waals surface area contributed by atoms with Gasteiger partial charge in [0.2, 0.25) is 0 Å². The molecule has 6 heteroatoms. The van der Waals surface area contributed by atoms with Crippen molar-refractivity contribution in [3.63, 3.8) is 0 Å². The fourth-order valence-electron chi connectivity index (χ4n) is 2.86.